The van der Waals surface area contributed by atoms with Crippen molar-refractivity contribution in [3.05, 3.63) is 40.8 Å². The Hall–Kier alpha value is -4.00. The highest BCUT2D eigenvalue weighted by Gasteiger charge is 2.26. The number of hydrazine groups is 1. The average molecular weight is 548 g/mol. The number of carbonyl (C=O) groups is 3. The van der Waals surface area contributed by atoms with E-state index in [4.69, 9.17) is 14.2 Å². The summed E-state index contributed by atoms with van der Waals surface area (Å²) in [5.41, 5.74) is 2.59. The molecule has 0 aliphatic carbocycles. The summed E-state index contributed by atoms with van der Waals surface area (Å²) >= 11 is 1.16. The lowest BCUT2D eigenvalue weighted by Crippen LogP contribution is -2.51. The van der Waals surface area contributed by atoms with E-state index in [1.807, 2.05) is 0 Å². The van der Waals surface area contributed by atoms with Crippen molar-refractivity contribution < 1.29 is 33.0 Å². The van der Waals surface area contributed by atoms with Crippen LogP contribution in [0.3, 0.4) is 0 Å². The van der Waals surface area contributed by atoms with Crippen molar-refractivity contribution in [2.75, 3.05) is 19.0 Å². The number of rotatable bonds is 7. The highest BCUT2D eigenvalue weighted by Crippen LogP contribution is 2.37. The smallest absolute Gasteiger partial charge is 0.426 e. The number of carbonyl (C=O) groups excluding carboxylic acids is 3. The number of ether oxygens (including phenoxy) is 3. The number of aryl methyl sites for hydroxylation is 1. The fraction of sp³-hybridized carbons (Fsp3) is 0.400. The molecule has 1 unspecified atom stereocenters. The van der Waals surface area contributed by atoms with Crippen molar-refractivity contribution in [3.63, 3.8) is 0 Å². The molecular formula is C25H30FN5O6S. The molecule has 0 saturated heterocycles. The van der Waals surface area contributed by atoms with Gasteiger partial charge < -0.3 is 19.5 Å². The van der Waals surface area contributed by atoms with Gasteiger partial charge in [-0.05, 0) is 59.2 Å². The van der Waals surface area contributed by atoms with Crippen molar-refractivity contribution in [2.45, 2.75) is 53.2 Å². The Morgan fingerprint density at radius 1 is 1.21 bits per heavy atom. The summed E-state index contributed by atoms with van der Waals surface area (Å²) in [7, 11) is 1.30. The van der Waals surface area contributed by atoms with Crippen LogP contribution in [0, 0.1) is 12.7 Å². The molecule has 1 aromatic carbocycles. The molecule has 38 heavy (non-hydrogen) atoms. The lowest BCUT2D eigenvalue weighted by Gasteiger charge is -2.27. The molecule has 13 heteroatoms. The van der Waals surface area contributed by atoms with E-state index < -0.39 is 35.5 Å². The fourth-order valence-corrected chi connectivity index (χ4v) is 4.51. The van der Waals surface area contributed by atoms with Crippen molar-refractivity contribution in [1.82, 2.24) is 20.4 Å². The predicted octanol–water partition coefficient (Wildman–Crippen LogP) is 4.72. The normalized spacial score (nSPS) is 12.0. The van der Waals surface area contributed by atoms with E-state index in [1.165, 1.54) is 32.5 Å². The van der Waals surface area contributed by atoms with Crippen molar-refractivity contribution in [3.8, 4) is 5.75 Å². The predicted molar refractivity (Wildman–Crippen MR) is 140 cm³/mol. The number of likely N-dealkylation sites (N-methyl/N-ethyl adjacent to an activating group) is 1. The third kappa shape index (κ3) is 6.65. The van der Waals surface area contributed by atoms with Gasteiger partial charge in [0.15, 0.2) is 6.10 Å². The molecule has 3 aromatic rings. The fourth-order valence-electron chi connectivity index (χ4n) is 3.44. The number of aromatic nitrogens is 2. The zero-order valence-corrected chi connectivity index (χ0v) is 23.0. The Morgan fingerprint density at radius 2 is 1.92 bits per heavy atom. The molecule has 0 aliphatic heterocycles. The second-order valence-corrected chi connectivity index (χ2v) is 10.2. The van der Waals surface area contributed by atoms with Gasteiger partial charge in [-0.25, -0.2) is 34.4 Å². The van der Waals surface area contributed by atoms with E-state index in [9.17, 15) is 18.8 Å². The SMILES string of the molecule is CCN(NC(=O)OC(C)(C)C)C(=O)C(C)Oc1cc(F)ccc1Nc1ncnc2sc(C(=O)OC)c(C)c12. The average Bonchev–Trinajstić information content (AvgIpc) is 3.19. The molecule has 204 valence electrons. The maximum absolute atomic E-state index is 14.2. The number of nitrogens with zero attached hydrogens (tertiary/aromatic N) is 3. The molecule has 1 atom stereocenters. The number of methoxy groups -OCH3 is 1. The molecule has 0 saturated carbocycles. The first kappa shape index (κ1) is 28.6. The standard InChI is InChI=1S/C25H30FN5O6S/c1-8-31(30-24(34)37-25(4,5)6)22(32)14(3)36-17-11-15(26)9-10-16(17)29-20-18-13(2)19(23(33)35-7)38-21(18)28-12-27-20/h9-12,14H,8H2,1-7H3,(H,30,34)(H,27,28,29). The van der Waals surface area contributed by atoms with Crippen molar-refractivity contribution in [1.29, 1.82) is 0 Å². The van der Waals surface area contributed by atoms with Crippen molar-refractivity contribution in [2.24, 2.45) is 0 Å². The van der Waals surface area contributed by atoms with Gasteiger partial charge in [0.2, 0.25) is 0 Å². The first-order valence-electron chi connectivity index (χ1n) is 11.7. The van der Waals surface area contributed by atoms with E-state index in [-0.39, 0.29) is 12.3 Å². The van der Waals surface area contributed by atoms with Crippen LogP contribution >= 0.6 is 11.3 Å². The van der Waals surface area contributed by atoms with Crippen LogP contribution in [0.5, 0.6) is 5.75 Å². The minimum Gasteiger partial charge on any atom is -0.479 e. The monoisotopic (exact) mass is 547 g/mol. The maximum atomic E-state index is 14.2. The molecule has 0 radical (unpaired) electrons. The molecule has 3 rings (SSSR count). The lowest BCUT2D eigenvalue weighted by molar-refractivity contribution is -0.140. The Bertz CT molecular complexity index is 1360. The largest absolute Gasteiger partial charge is 0.479 e. The first-order valence-corrected chi connectivity index (χ1v) is 12.5. The molecule has 0 aliphatic rings. The van der Waals surface area contributed by atoms with Crippen LogP contribution < -0.4 is 15.5 Å². The molecule has 0 bridgehead atoms. The quantitative estimate of drug-likeness (QED) is 0.318. The van der Waals surface area contributed by atoms with Crippen LogP contribution in [0.4, 0.5) is 20.7 Å². The van der Waals surface area contributed by atoms with Crippen LogP contribution in [-0.4, -0.2) is 58.3 Å². The van der Waals surface area contributed by atoms with Gasteiger partial charge in [0.1, 0.15) is 39.0 Å². The Morgan fingerprint density at radius 3 is 2.55 bits per heavy atom. The van der Waals surface area contributed by atoms with Gasteiger partial charge in [0.05, 0.1) is 18.2 Å². The molecule has 11 nitrogen and oxygen atoms in total. The Labute approximate surface area is 223 Å². The van der Waals surface area contributed by atoms with E-state index in [2.05, 4.69) is 20.7 Å². The summed E-state index contributed by atoms with van der Waals surface area (Å²) in [6.07, 6.45) is -0.566. The Kier molecular flexibility index (Phi) is 8.71. The number of hydrogen-bond donors (Lipinski definition) is 2. The first-order chi connectivity index (χ1) is 17.8. The maximum Gasteiger partial charge on any atom is 0.426 e. The highest BCUT2D eigenvalue weighted by molar-refractivity contribution is 7.20. The topological polar surface area (TPSA) is 132 Å². The van der Waals surface area contributed by atoms with Crippen molar-refractivity contribution >= 4 is 51.0 Å². The molecule has 0 spiro atoms. The molecule has 2 N–H and O–H groups in total. The number of nitrogens with one attached hydrogen (secondary N) is 2. The molecule has 2 amide bonds. The number of benzene rings is 1. The molecule has 2 heterocycles. The summed E-state index contributed by atoms with van der Waals surface area (Å²) in [6.45, 7) is 10.1. The van der Waals surface area contributed by atoms with Gasteiger partial charge >= 0.3 is 12.1 Å². The van der Waals surface area contributed by atoms with E-state index in [0.717, 1.165) is 22.4 Å². The van der Waals surface area contributed by atoms with Gasteiger partial charge in [-0.2, -0.15) is 0 Å². The van der Waals surface area contributed by atoms with Crippen LogP contribution in [0.2, 0.25) is 0 Å². The zero-order valence-electron chi connectivity index (χ0n) is 22.2. The second kappa shape index (κ2) is 11.6. The van der Waals surface area contributed by atoms with E-state index >= 15 is 0 Å². The third-order valence-corrected chi connectivity index (χ3v) is 6.33. The van der Waals surface area contributed by atoms with Gasteiger partial charge in [-0.15, -0.1) is 11.3 Å². The van der Waals surface area contributed by atoms with E-state index in [0.29, 0.717) is 32.2 Å². The van der Waals surface area contributed by atoms with E-state index in [1.54, 1.807) is 34.6 Å². The number of fused-ring (bicyclic) bond motifs is 1. The van der Waals surface area contributed by atoms with Crippen LogP contribution in [0.25, 0.3) is 10.2 Å². The van der Waals surface area contributed by atoms with Gasteiger partial charge in [0.25, 0.3) is 5.91 Å². The minimum absolute atomic E-state index is 0.0343. The summed E-state index contributed by atoms with van der Waals surface area (Å²) in [6, 6.07) is 3.79. The summed E-state index contributed by atoms with van der Waals surface area (Å²) in [5, 5.41) is 4.75. The summed E-state index contributed by atoms with van der Waals surface area (Å²) in [4.78, 5) is 46.8. The minimum atomic E-state index is -1.11. The van der Waals surface area contributed by atoms with Gasteiger partial charge in [0, 0.05) is 12.6 Å². The van der Waals surface area contributed by atoms with Gasteiger partial charge in [-0.3, -0.25) is 4.79 Å². The third-order valence-electron chi connectivity index (χ3n) is 5.15. The molecule has 0 fully saturated rings. The Balaban J connectivity index is 1.86. The van der Waals surface area contributed by atoms with Crippen LogP contribution in [0.1, 0.15) is 49.9 Å². The number of hydrogen-bond acceptors (Lipinski definition) is 10. The van der Waals surface area contributed by atoms with Gasteiger partial charge in [-0.1, -0.05) is 0 Å². The zero-order chi connectivity index (χ0) is 28.2. The molecule has 2 aromatic heterocycles. The molecular weight excluding hydrogens is 517 g/mol. The second-order valence-electron chi connectivity index (χ2n) is 9.17. The van der Waals surface area contributed by atoms with Crippen LogP contribution in [0.15, 0.2) is 24.5 Å². The number of esters is 1. The number of halogens is 1. The number of amides is 2. The summed E-state index contributed by atoms with van der Waals surface area (Å²) in [5.74, 6) is -1.26. The van der Waals surface area contributed by atoms with Crippen LogP contribution in [-0.2, 0) is 14.3 Å². The number of thiophene rings is 1. The highest BCUT2D eigenvalue weighted by atomic mass is 32.1. The number of anilines is 2. The lowest BCUT2D eigenvalue weighted by atomic mass is 10.2. The summed E-state index contributed by atoms with van der Waals surface area (Å²) < 4.78 is 30.1.